The van der Waals surface area contributed by atoms with E-state index >= 15 is 0 Å². The van der Waals surface area contributed by atoms with Crippen molar-refractivity contribution >= 4 is 28.9 Å². The quantitative estimate of drug-likeness (QED) is 0.504. The maximum absolute atomic E-state index is 12.2. The Morgan fingerprint density at radius 3 is 2.29 bits per heavy atom. The molecule has 184 valence electrons. The van der Waals surface area contributed by atoms with Gasteiger partial charge in [-0.3, -0.25) is 4.90 Å². The molecule has 0 radical (unpaired) electrons. The second-order valence-corrected chi connectivity index (χ2v) is 8.18. The minimum absolute atomic E-state index is 0.200. The van der Waals surface area contributed by atoms with Crippen molar-refractivity contribution < 1.29 is 19.1 Å². The van der Waals surface area contributed by atoms with E-state index in [-0.39, 0.29) is 19.8 Å². The zero-order valence-corrected chi connectivity index (χ0v) is 20.2. The smallest absolute Gasteiger partial charge is 0.419 e. The van der Waals surface area contributed by atoms with E-state index in [0.29, 0.717) is 12.5 Å². The van der Waals surface area contributed by atoms with Gasteiger partial charge in [0.2, 0.25) is 5.95 Å². The number of hydrogen-bond donors (Lipinski definition) is 0. The molecule has 2 amide bonds. The van der Waals surface area contributed by atoms with E-state index in [4.69, 9.17) is 14.5 Å². The number of imide groups is 1. The van der Waals surface area contributed by atoms with Crippen LogP contribution in [-0.4, -0.2) is 84.4 Å². The third kappa shape index (κ3) is 6.05. The minimum Gasteiger partial charge on any atom is -0.449 e. The molecular weight excluding hydrogens is 446 g/mol. The molecule has 4 rings (SSSR count). The Kier molecular flexibility index (Phi) is 8.10. The van der Waals surface area contributed by atoms with Crippen molar-refractivity contribution in [2.24, 2.45) is 0 Å². The highest BCUT2D eigenvalue weighted by molar-refractivity contribution is 5.88. The monoisotopic (exact) mass is 477 g/mol. The molecule has 0 unspecified atom stereocenters. The van der Waals surface area contributed by atoms with Gasteiger partial charge in [-0.25, -0.2) is 24.5 Å². The number of hydrogen-bond acceptors (Lipinski definition) is 8. The van der Waals surface area contributed by atoms with Crippen molar-refractivity contribution in [3.8, 4) is 11.3 Å². The number of nitrogens with zero attached hydrogens (tertiary/aromatic N) is 5. The van der Waals surface area contributed by atoms with Crippen LogP contribution in [0, 0.1) is 0 Å². The Morgan fingerprint density at radius 2 is 1.60 bits per heavy atom. The van der Waals surface area contributed by atoms with Gasteiger partial charge in [0, 0.05) is 51.0 Å². The standard InChI is InChI=1S/C26H31N5O4/c1-3-34-25(32)31(26(33)35-4-2)18-15-29-13-16-30(17-14-29)24-27-12-11-23(28-24)22-10-9-20-7-5-6-8-21(20)19-22/h5-12,19H,3-4,13-18H2,1-2H3. The molecule has 1 fully saturated rings. The summed E-state index contributed by atoms with van der Waals surface area (Å²) in [6.45, 7) is 7.60. The van der Waals surface area contributed by atoms with Crippen LogP contribution < -0.4 is 4.90 Å². The summed E-state index contributed by atoms with van der Waals surface area (Å²) in [5, 5.41) is 2.38. The fourth-order valence-corrected chi connectivity index (χ4v) is 4.08. The summed E-state index contributed by atoms with van der Waals surface area (Å²) in [6, 6.07) is 16.6. The van der Waals surface area contributed by atoms with Crippen LogP contribution in [0.4, 0.5) is 15.5 Å². The van der Waals surface area contributed by atoms with E-state index in [1.807, 2.05) is 18.2 Å². The molecule has 9 nitrogen and oxygen atoms in total. The minimum atomic E-state index is -0.677. The molecule has 1 aliphatic heterocycles. The number of fused-ring (bicyclic) bond motifs is 1. The van der Waals surface area contributed by atoms with Crippen LogP contribution >= 0.6 is 0 Å². The van der Waals surface area contributed by atoms with Gasteiger partial charge < -0.3 is 14.4 Å². The molecular formula is C26H31N5O4. The largest absolute Gasteiger partial charge is 0.449 e. The first kappa shape index (κ1) is 24.4. The third-order valence-electron chi connectivity index (χ3n) is 5.96. The molecule has 35 heavy (non-hydrogen) atoms. The van der Waals surface area contributed by atoms with E-state index in [2.05, 4.69) is 45.1 Å². The zero-order chi connectivity index (χ0) is 24.6. The highest BCUT2D eigenvalue weighted by atomic mass is 16.6. The predicted octanol–water partition coefficient (Wildman–Crippen LogP) is 4.03. The number of anilines is 1. The lowest BCUT2D eigenvalue weighted by atomic mass is 10.1. The van der Waals surface area contributed by atoms with Crippen molar-refractivity contribution in [1.82, 2.24) is 19.8 Å². The van der Waals surface area contributed by atoms with Gasteiger partial charge in [0.05, 0.1) is 18.9 Å². The van der Waals surface area contributed by atoms with Crippen molar-refractivity contribution in [1.29, 1.82) is 0 Å². The van der Waals surface area contributed by atoms with Crippen LogP contribution in [-0.2, 0) is 9.47 Å². The molecule has 2 aromatic carbocycles. The lowest BCUT2D eigenvalue weighted by molar-refractivity contribution is 0.0769. The second-order valence-electron chi connectivity index (χ2n) is 8.18. The van der Waals surface area contributed by atoms with Crippen LogP contribution in [0.3, 0.4) is 0 Å². The van der Waals surface area contributed by atoms with E-state index in [9.17, 15) is 9.59 Å². The molecule has 0 bridgehead atoms. The number of rotatable bonds is 7. The van der Waals surface area contributed by atoms with Gasteiger partial charge in [-0.05, 0) is 36.8 Å². The zero-order valence-electron chi connectivity index (χ0n) is 20.2. The average Bonchev–Trinajstić information content (AvgIpc) is 2.89. The lowest BCUT2D eigenvalue weighted by Gasteiger charge is -2.35. The molecule has 1 saturated heterocycles. The Morgan fingerprint density at radius 1 is 0.914 bits per heavy atom. The first-order valence-electron chi connectivity index (χ1n) is 12.0. The second kappa shape index (κ2) is 11.6. The highest BCUT2D eigenvalue weighted by Gasteiger charge is 2.26. The van der Waals surface area contributed by atoms with Gasteiger partial charge in [0.1, 0.15) is 0 Å². The molecule has 0 aliphatic carbocycles. The maximum Gasteiger partial charge on any atom is 0.419 e. The number of aromatic nitrogens is 2. The van der Waals surface area contributed by atoms with Gasteiger partial charge in [0.25, 0.3) is 0 Å². The Bertz CT molecular complexity index is 1150. The predicted molar refractivity (Wildman–Crippen MR) is 134 cm³/mol. The number of piperazine rings is 1. The topological polar surface area (TPSA) is 88.1 Å². The van der Waals surface area contributed by atoms with Gasteiger partial charge >= 0.3 is 12.2 Å². The number of carbonyl (C=O) groups excluding carboxylic acids is 2. The Hall–Kier alpha value is -3.72. The first-order valence-corrected chi connectivity index (χ1v) is 12.0. The van der Waals surface area contributed by atoms with Crippen molar-refractivity contribution in [2.45, 2.75) is 13.8 Å². The molecule has 0 saturated carbocycles. The number of ether oxygens (including phenoxy) is 2. The molecule has 1 aliphatic rings. The van der Waals surface area contributed by atoms with Crippen LogP contribution in [0.1, 0.15) is 13.8 Å². The first-order chi connectivity index (χ1) is 17.1. The van der Waals surface area contributed by atoms with E-state index < -0.39 is 12.2 Å². The molecule has 2 heterocycles. The van der Waals surface area contributed by atoms with Gasteiger partial charge in [-0.15, -0.1) is 0 Å². The maximum atomic E-state index is 12.2. The summed E-state index contributed by atoms with van der Waals surface area (Å²) < 4.78 is 10.0. The summed E-state index contributed by atoms with van der Waals surface area (Å²) >= 11 is 0. The Balaban J connectivity index is 1.36. The van der Waals surface area contributed by atoms with Gasteiger partial charge in [-0.2, -0.15) is 0 Å². The molecule has 3 aromatic rings. The van der Waals surface area contributed by atoms with E-state index in [1.54, 1.807) is 20.0 Å². The third-order valence-corrected chi connectivity index (χ3v) is 5.96. The van der Waals surface area contributed by atoms with Crippen molar-refractivity contribution in [3.05, 3.63) is 54.7 Å². The fourth-order valence-electron chi connectivity index (χ4n) is 4.08. The van der Waals surface area contributed by atoms with E-state index in [0.717, 1.165) is 42.3 Å². The van der Waals surface area contributed by atoms with Crippen LogP contribution in [0.2, 0.25) is 0 Å². The highest BCUT2D eigenvalue weighted by Crippen LogP contribution is 2.24. The van der Waals surface area contributed by atoms with Crippen molar-refractivity contribution in [2.75, 3.05) is 57.4 Å². The van der Waals surface area contributed by atoms with Gasteiger partial charge in [0.15, 0.2) is 0 Å². The number of carbonyl (C=O) groups is 2. The Labute approximate surface area is 205 Å². The van der Waals surface area contributed by atoms with Gasteiger partial charge in [-0.1, -0.05) is 36.4 Å². The number of benzene rings is 2. The summed E-state index contributed by atoms with van der Waals surface area (Å²) in [5.74, 6) is 0.704. The summed E-state index contributed by atoms with van der Waals surface area (Å²) in [7, 11) is 0. The van der Waals surface area contributed by atoms with Crippen LogP contribution in [0.5, 0.6) is 0 Å². The van der Waals surface area contributed by atoms with Crippen LogP contribution in [0.25, 0.3) is 22.0 Å². The molecule has 9 heteroatoms. The summed E-state index contributed by atoms with van der Waals surface area (Å²) in [5.41, 5.74) is 1.95. The number of amides is 2. The average molecular weight is 478 g/mol. The fraction of sp³-hybridized carbons (Fsp3) is 0.385. The molecule has 1 aromatic heterocycles. The molecule has 0 spiro atoms. The SMILES string of the molecule is CCOC(=O)N(CCN1CCN(c2nccc(-c3ccc4ccccc4c3)n2)CC1)C(=O)OCC. The van der Waals surface area contributed by atoms with Crippen LogP contribution in [0.15, 0.2) is 54.7 Å². The van der Waals surface area contributed by atoms with Crippen molar-refractivity contribution in [3.63, 3.8) is 0 Å². The van der Waals surface area contributed by atoms with E-state index in [1.165, 1.54) is 10.8 Å². The molecule has 0 N–H and O–H groups in total. The summed E-state index contributed by atoms with van der Waals surface area (Å²) in [6.07, 6.45) is 0.447. The summed E-state index contributed by atoms with van der Waals surface area (Å²) in [4.78, 5) is 39.0. The lowest BCUT2D eigenvalue weighted by Crippen LogP contribution is -2.50. The normalized spacial score (nSPS) is 14.1. The molecule has 0 atom stereocenters.